The first kappa shape index (κ1) is 21.5. The fraction of sp³-hybridized carbons (Fsp3) is 0.0833. The molecule has 3 rings (SSSR count). The highest BCUT2D eigenvalue weighted by Crippen LogP contribution is 2.24. The molecule has 0 spiro atoms. The SMILES string of the molecule is Cc1ccc(COc2ccc(/C=C(/C#N)C(=O)Nc3ccccc3F)cc2I)cc1. The minimum atomic E-state index is -0.669. The highest BCUT2D eigenvalue weighted by atomic mass is 127. The van der Waals surface area contributed by atoms with Gasteiger partial charge >= 0.3 is 0 Å². The number of carbonyl (C=O) groups excluding carboxylic acids is 1. The molecule has 0 bridgehead atoms. The van der Waals surface area contributed by atoms with Crippen molar-refractivity contribution in [3.8, 4) is 11.8 Å². The van der Waals surface area contributed by atoms with Gasteiger partial charge in [0.2, 0.25) is 0 Å². The molecule has 6 heteroatoms. The number of nitrogens with one attached hydrogen (secondary N) is 1. The molecule has 0 aliphatic rings. The highest BCUT2D eigenvalue weighted by molar-refractivity contribution is 14.1. The van der Waals surface area contributed by atoms with Crippen LogP contribution in [0.1, 0.15) is 16.7 Å². The minimum Gasteiger partial charge on any atom is -0.488 e. The maximum Gasteiger partial charge on any atom is 0.266 e. The van der Waals surface area contributed by atoms with Crippen LogP contribution in [0.2, 0.25) is 0 Å². The predicted molar refractivity (Wildman–Crippen MR) is 123 cm³/mol. The predicted octanol–water partition coefficient (Wildman–Crippen LogP) is 5.86. The molecule has 0 saturated heterocycles. The number of amides is 1. The lowest BCUT2D eigenvalue weighted by Gasteiger charge is -2.10. The lowest BCUT2D eigenvalue weighted by molar-refractivity contribution is -0.112. The normalized spacial score (nSPS) is 10.9. The average molecular weight is 512 g/mol. The van der Waals surface area contributed by atoms with Gasteiger partial charge in [-0.25, -0.2) is 4.39 Å². The van der Waals surface area contributed by atoms with Crippen LogP contribution < -0.4 is 10.1 Å². The van der Waals surface area contributed by atoms with E-state index in [1.165, 1.54) is 29.8 Å². The van der Waals surface area contributed by atoms with Crippen molar-refractivity contribution in [1.29, 1.82) is 5.26 Å². The van der Waals surface area contributed by atoms with Gasteiger partial charge in [0, 0.05) is 0 Å². The summed E-state index contributed by atoms with van der Waals surface area (Å²) < 4.78 is 20.4. The zero-order valence-corrected chi connectivity index (χ0v) is 18.3. The Hall–Kier alpha value is -3.18. The number of benzene rings is 3. The fourth-order valence-corrected chi connectivity index (χ4v) is 3.33. The van der Waals surface area contributed by atoms with E-state index in [-0.39, 0.29) is 11.3 Å². The number of carbonyl (C=O) groups is 1. The van der Waals surface area contributed by atoms with Crippen molar-refractivity contribution in [2.75, 3.05) is 5.32 Å². The van der Waals surface area contributed by atoms with Crippen molar-refractivity contribution in [2.45, 2.75) is 13.5 Å². The summed E-state index contributed by atoms with van der Waals surface area (Å²) in [5, 5.41) is 11.8. The Labute approximate surface area is 188 Å². The molecule has 0 aliphatic heterocycles. The number of rotatable bonds is 6. The largest absolute Gasteiger partial charge is 0.488 e. The van der Waals surface area contributed by atoms with E-state index in [9.17, 15) is 14.4 Å². The van der Waals surface area contributed by atoms with Crippen LogP contribution in [-0.4, -0.2) is 5.91 Å². The summed E-state index contributed by atoms with van der Waals surface area (Å²) in [6.07, 6.45) is 1.46. The first-order chi connectivity index (χ1) is 14.5. The smallest absolute Gasteiger partial charge is 0.266 e. The first-order valence-corrected chi connectivity index (χ1v) is 10.2. The third kappa shape index (κ3) is 5.67. The lowest BCUT2D eigenvalue weighted by atomic mass is 10.1. The Bertz CT molecular complexity index is 1130. The van der Waals surface area contributed by atoms with Gasteiger partial charge in [-0.05, 0) is 71.0 Å². The van der Waals surface area contributed by atoms with Gasteiger partial charge in [-0.2, -0.15) is 5.26 Å². The van der Waals surface area contributed by atoms with Crippen LogP contribution in [0.5, 0.6) is 5.75 Å². The first-order valence-electron chi connectivity index (χ1n) is 9.12. The van der Waals surface area contributed by atoms with E-state index in [4.69, 9.17) is 4.74 Å². The van der Waals surface area contributed by atoms with Gasteiger partial charge in [0.1, 0.15) is 29.8 Å². The summed E-state index contributed by atoms with van der Waals surface area (Å²) in [4.78, 5) is 12.3. The number of anilines is 1. The minimum absolute atomic E-state index is 0.0260. The summed E-state index contributed by atoms with van der Waals surface area (Å²) in [6.45, 7) is 2.48. The number of hydrogen-bond acceptors (Lipinski definition) is 3. The molecule has 150 valence electrons. The molecule has 3 aromatic rings. The van der Waals surface area contributed by atoms with Crippen molar-refractivity contribution >= 4 is 40.3 Å². The van der Waals surface area contributed by atoms with Crippen LogP contribution >= 0.6 is 22.6 Å². The van der Waals surface area contributed by atoms with E-state index in [2.05, 4.69) is 27.9 Å². The molecular weight excluding hydrogens is 494 g/mol. The quantitative estimate of drug-likeness (QED) is 0.256. The monoisotopic (exact) mass is 512 g/mol. The van der Waals surface area contributed by atoms with E-state index in [1.54, 1.807) is 18.2 Å². The molecule has 0 fully saturated rings. The number of nitrogens with zero attached hydrogens (tertiary/aromatic N) is 1. The second-order valence-electron chi connectivity index (χ2n) is 6.57. The summed E-state index contributed by atoms with van der Waals surface area (Å²) >= 11 is 2.15. The van der Waals surface area contributed by atoms with E-state index in [0.717, 1.165) is 9.13 Å². The summed E-state index contributed by atoms with van der Waals surface area (Å²) in [5.74, 6) is -0.521. The van der Waals surface area contributed by atoms with Gasteiger partial charge in [0.05, 0.1) is 9.26 Å². The topological polar surface area (TPSA) is 62.1 Å². The molecule has 1 amide bonds. The molecule has 0 heterocycles. The van der Waals surface area contributed by atoms with Crippen molar-refractivity contribution < 1.29 is 13.9 Å². The van der Waals surface area contributed by atoms with E-state index in [0.29, 0.717) is 17.9 Å². The second-order valence-corrected chi connectivity index (χ2v) is 7.73. The second kappa shape index (κ2) is 10.0. The van der Waals surface area contributed by atoms with Crippen LogP contribution in [-0.2, 0) is 11.4 Å². The van der Waals surface area contributed by atoms with Gasteiger partial charge in [-0.1, -0.05) is 48.0 Å². The highest BCUT2D eigenvalue weighted by Gasteiger charge is 2.12. The molecule has 3 aromatic carbocycles. The van der Waals surface area contributed by atoms with Crippen LogP contribution in [0.4, 0.5) is 10.1 Å². The molecule has 1 N–H and O–H groups in total. The number of hydrogen-bond donors (Lipinski definition) is 1. The Morgan fingerprint density at radius 2 is 1.90 bits per heavy atom. The molecule has 0 unspecified atom stereocenters. The van der Waals surface area contributed by atoms with E-state index >= 15 is 0 Å². The summed E-state index contributed by atoms with van der Waals surface area (Å²) in [7, 11) is 0. The summed E-state index contributed by atoms with van der Waals surface area (Å²) in [6, 6.07) is 21.2. The fourth-order valence-electron chi connectivity index (χ4n) is 2.64. The molecule has 0 aliphatic carbocycles. The van der Waals surface area contributed by atoms with Crippen LogP contribution in [0, 0.1) is 27.6 Å². The average Bonchev–Trinajstić information content (AvgIpc) is 2.74. The standard InChI is InChI=1S/C24H18FIN2O2/c1-16-6-8-17(9-7-16)15-30-23-11-10-18(13-21(23)26)12-19(14-27)24(29)28-22-5-3-2-4-20(22)25/h2-13H,15H2,1H3,(H,28,29)/b19-12-. The third-order valence-electron chi connectivity index (χ3n) is 4.27. The molecule has 0 saturated carbocycles. The third-order valence-corrected chi connectivity index (χ3v) is 5.11. The number of nitriles is 1. The van der Waals surface area contributed by atoms with Gasteiger partial charge in [-0.15, -0.1) is 0 Å². The molecular formula is C24H18FIN2O2. The van der Waals surface area contributed by atoms with Gasteiger partial charge in [0.25, 0.3) is 5.91 Å². The van der Waals surface area contributed by atoms with Gasteiger partial charge in [0.15, 0.2) is 0 Å². The molecule has 0 atom stereocenters. The maximum absolute atomic E-state index is 13.7. The number of halogens is 2. The summed E-state index contributed by atoms with van der Waals surface area (Å²) in [5.41, 5.74) is 2.83. The van der Waals surface area contributed by atoms with Crippen molar-refractivity contribution in [1.82, 2.24) is 0 Å². The Morgan fingerprint density at radius 3 is 2.57 bits per heavy atom. The molecule has 4 nitrogen and oxygen atoms in total. The van der Waals surface area contributed by atoms with Crippen LogP contribution in [0.3, 0.4) is 0 Å². The van der Waals surface area contributed by atoms with Crippen molar-refractivity contribution in [3.05, 3.63) is 98.4 Å². The Morgan fingerprint density at radius 1 is 1.17 bits per heavy atom. The number of ether oxygens (including phenoxy) is 1. The Kier molecular flexibility index (Phi) is 7.20. The zero-order chi connectivity index (χ0) is 21.5. The molecule has 0 radical (unpaired) electrons. The van der Waals surface area contributed by atoms with E-state index < -0.39 is 11.7 Å². The van der Waals surface area contributed by atoms with Crippen LogP contribution in [0.15, 0.2) is 72.3 Å². The molecule has 0 aromatic heterocycles. The van der Waals surface area contributed by atoms with Gasteiger partial charge in [-0.3, -0.25) is 4.79 Å². The van der Waals surface area contributed by atoms with Crippen molar-refractivity contribution in [2.24, 2.45) is 0 Å². The maximum atomic E-state index is 13.7. The molecule has 30 heavy (non-hydrogen) atoms. The van der Waals surface area contributed by atoms with Crippen LogP contribution in [0.25, 0.3) is 6.08 Å². The lowest BCUT2D eigenvalue weighted by Crippen LogP contribution is -2.14. The van der Waals surface area contributed by atoms with Gasteiger partial charge < -0.3 is 10.1 Å². The number of aryl methyl sites for hydroxylation is 1. The Balaban J connectivity index is 1.71. The number of para-hydroxylation sites is 1. The van der Waals surface area contributed by atoms with Crippen molar-refractivity contribution in [3.63, 3.8) is 0 Å². The zero-order valence-electron chi connectivity index (χ0n) is 16.2. The van der Waals surface area contributed by atoms with E-state index in [1.807, 2.05) is 43.3 Å².